The lowest BCUT2D eigenvalue weighted by molar-refractivity contribution is -0.138. The largest absolute Gasteiger partial charge is 0.463 e. The zero-order valence-corrected chi connectivity index (χ0v) is 13.3. The molecule has 19 heavy (non-hydrogen) atoms. The first kappa shape index (κ1) is 14.8. The monoisotopic (exact) mass is 393 g/mol. The molecule has 3 nitrogen and oxygen atoms in total. The summed E-state index contributed by atoms with van der Waals surface area (Å²) in [5, 5.41) is 0. The zero-order chi connectivity index (χ0) is 13.8. The van der Waals surface area contributed by atoms with Gasteiger partial charge in [-0.05, 0) is 33.7 Å². The molecule has 0 saturated carbocycles. The fourth-order valence-corrected chi connectivity index (χ4v) is 3.67. The zero-order valence-electron chi connectivity index (χ0n) is 10.3. The quantitative estimate of drug-likeness (QED) is 0.444. The van der Waals surface area contributed by atoms with E-state index in [1.807, 2.05) is 16.4 Å². The highest BCUT2D eigenvalue weighted by Gasteiger charge is 2.34. The van der Waals surface area contributed by atoms with Crippen molar-refractivity contribution in [3.63, 3.8) is 0 Å². The van der Waals surface area contributed by atoms with Gasteiger partial charge in [-0.2, -0.15) is 0 Å². The van der Waals surface area contributed by atoms with Crippen LogP contribution in [0.25, 0.3) is 0 Å². The Morgan fingerprint density at radius 3 is 3.05 bits per heavy atom. The van der Waals surface area contributed by atoms with Crippen LogP contribution in [0.1, 0.15) is 18.5 Å². The number of ether oxygens (including phenoxy) is 1. The molecular weight excluding hydrogens is 380 g/mol. The lowest BCUT2D eigenvalue weighted by Crippen LogP contribution is -2.21. The van der Waals surface area contributed by atoms with Crippen LogP contribution in [-0.4, -0.2) is 23.4 Å². The Hall–Kier alpha value is -0.600. The first-order valence-electron chi connectivity index (χ1n) is 5.85. The topological polar surface area (TPSA) is 29.5 Å². The number of carbonyl (C=O) groups is 1. The number of hydrogen-bond donors (Lipinski definition) is 0. The van der Waals surface area contributed by atoms with Crippen LogP contribution in [0, 0.1) is 5.82 Å². The van der Waals surface area contributed by atoms with Gasteiger partial charge in [0.2, 0.25) is 0 Å². The van der Waals surface area contributed by atoms with Gasteiger partial charge in [-0.1, -0.05) is 18.2 Å². The molecule has 1 unspecified atom stereocenters. The van der Waals surface area contributed by atoms with Crippen molar-refractivity contribution in [2.45, 2.75) is 13.0 Å². The Labute approximate surface area is 127 Å². The molecule has 1 aliphatic rings. The Morgan fingerprint density at radius 2 is 2.42 bits per heavy atom. The van der Waals surface area contributed by atoms with Gasteiger partial charge in [-0.15, -0.1) is 0 Å². The van der Waals surface area contributed by atoms with Crippen molar-refractivity contribution < 1.29 is 13.9 Å². The van der Waals surface area contributed by atoms with Crippen LogP contribution >= 0.6 is 30.3 Å². The predicted molar refractivity (Wildman–Crippen MR) is 82.2 cm³/mol. The summed E-state index contributed by atoms with van der Waals surface area (Å²) in [5.74, 6) is -0.629. The molecule has 1 aromatic rings. The van der Waals surface area contributed by atoms with Crippen LogP contribution in [0.2, 0.25) is 0 Å². The van der Waals surface area contributed by atoms with Gasteiger partial charge < -0.3 is 4.74 Å². The molecule has 0 aliphatic carbocycles. The van der Waals surface area contributed by atoms with Gasteiger partial charge >= 0.3 is 5.97 Å². The molecule has 6 heteroatoms. The molecule has 0 amide bonds. The van der Waals surface area contributed by atoms with Gasteiger partial charge in [0.05, 0.1) is 18.2 Å². The highest BCUT2D eigenvalue weighted by molar-refractivity contribution is 14.2. The summed E-state index contributed by atoms with van der Waals surface area (Å²) in [4.78, 5) is 12.0. The van der Waals surface area contributed by atoms with Crippen LogP contribution in [0.3, 0.4) is 0 Å². The maximum Gasteiger partial charge on any atom is 0.335 e. The van der Waals surface area contributed by atoms with Gasteiger partial charge in [0, 0.05) is 27.8 Å². The molecule has 1 heterocycles. The number of hydrogen-bond acceptors (Lipinski definition) is 4. The molecule has 0 bridgehead atoms. The van der Waals surface area contributed by atoms with E-state index < -0.39 is 0 Å². The van der Waals surface area contributed by atoms with E-state index in [9.17, 15) is 9.18 Å². The van der Waals surface area contributed by atoms with Crippen LogP contribution in [-0.2, 0) is 9.53 Å². The predicted octanol–water partition coefficient (Wildman–Crippen LogP) is 3.67. The third kappa shape index (κ3) is 3.29. The molecular formula is C13H13FINO2S. The average Bonchev–Trinajstić information content (AvgIpc) is 2.82. The highest BCUT2D eigenvalue weighted by atomic mass is 127. The summed E-state index contributed by atoms with van der Waals surface area (Å²) in [7, 11) is 1.50. The minimum absolute atomic E-state index is 0.253. The van der Waals surface area contributed by atoms with E-state index in [0.717, 1.165) is 5.56 Å². The first-order valence-corrected chi connectivity index (χ1v) is 9.17. The first-order chi connectivity index (χ1) is 9.17. The average molecular weight is 393 g/mol. The number of nitrogens with zero attached hydrogens (tertiary/aromatic N) is 1. The van der Waals surface area contributed by atoms with Crippen molar-refractivity contribution in [3.05, 3.63) is 47.3 Å². The Bertz CT molecular complexity index is 509. The highest BCUT2D eigenvalue weighted by Crippen LogP contribution is 2.40. The van der Waals surface area contributed by atoms with Crippen LogP contribution < -0.4 is 0 Å². The summed E-state index contributed by atoms with van der Waals surface area (Å²) < 4.78 is 20.4. The van der Waals surface area contributed by atoms with Crippen molar-refractivity contribution in [3.8, 4) is 0 Å². The third-order valence-corrected chi connectivity index (χ3v) is 4.89. The molecule has 2 rings (SSSR count). The maximum atomic E-state index is 13.4. The van der Waals surface area contributed by atoms with Gasteiger partial charge in [0.1, 0.15) is 5.82 Å². The minimum Gasteiger partial charge on any atom is -0.463 e. The summed E-state index contributed by atoms with van der Waals surface area (Å²) in [6, 6.07) is 6.08. The third-order valence-electron chi connectivity index (χ3n) is 2.84. The molecule has 1 aliphatic heterocycles. The molecule has 1 atom stereocenters. The van der Waals surface area contributed by atoms with E-state index >= 15 is 0 Å². The van der Waals surface area contributed by atoms with Crippen LogP contribution in [0.5, 0.6) is 0 Å². The van der Waals surface area contributed by atoms with Gasteiger partial charge in [0.15, 0.2) is 0 Å². The van der Waals surface area contributed by atoms with Gasteiger partial charge in [0.25, 0.3) is 0 Å². The van der Waals surface area contributed by atoms with Gasteiger partial charge in [-0.25, -0.2) is 13.5 Å². The number of rotatable bonds is 4. The molecule has 0 radical (unpaired) electrons. The van der Waals surface area contributed by atoms with Crippen molar-refractivity contribution in [1.82, 2.24) is 4.31 Å². The van der Waals surface area contributed by atoms with E-state index in [4.69, 9.17) is 4.74 Å². The molecule has 102 valence electrons. The fourth-order valence-electron chi connectivity index (χ4n) is 2.06. The number of esters is 1. The molecule has 0 saturated heterocycles. The van der Waals surface area contributed by atoms with Crippen molar-refractivity contribution in [2.24, 2.45) is 0 Å². The second-order valence-corrected chi connectivity index (χ2v) is 5.79. The van der Waals surface area contributed by atoms with Crippen LogP contribution in [0.4, 0.5) is 4.39 Å². The Kier molecular flexibility index (Phi) is 5.23. The maximum absolute atomic E-state index is 13.4. The van der Waals surface area contributed by atoms with E-state index in [-0.39, 0.29) is 17.8 Å². The summed E-state index contributed by atoms with van der Waals surface area (Å²) in [6.45, 7) is 2.75. The summed E-state index contributed by atoms with van der Waals surface area (Å²) >= 11 is 2.16. The molecule has 0 fully saturated rings. The van der Waals surface area contributed by atoms with Crippen molar-refractivity contribution >= 4 is 36.3 Å². The smallest absolute Gasteiger partial charge is 0.335 e. The minimum atomic E-state index is -0.329. The van der Waals surface area contributed by atoms with Crippen LogP contribution in [0.15, 0.2) is 35.9 Å². The molecule has 0 spiro atoms. The standard InChI is InChI=1S/C13H13FINO2S/c1-2-18-13(17)11-6-7-16(19-15)12(11)9-4-3-5-10(14)8-9/h3-6,8,12H,2,7H2,1H3. The second kappa shape index (κ2) is 6.71. The lowest BCUT2D eigenvalue weighted by Gasteiger charge is -2.23. The molecule has 0 aromatic heterocycles. The van der Waals surface area contributed by atoms with Crippen molar-refractivity contribution in [2.75, 3.05) is 13.2 Å². The number of carbonyl (C=O) groups excluding carboxylic acids is 1. The van der Waals surface area contributed by atoms with E-state index in [0.29, 0.717) is 18.7 Å². The van der Waals surface area contributed by atoms with E-state index in [2.05, 4.69) is 21.2 Å². The number of benzene rings is 1. The Balaban J connectivity index is 2.32. The van der Waals surface area contributed by atoms with E-state index in [1.165, 1.54) is 21.3 Å². The normalized spacial score (nSPS) is 19.3. The van der Waals surface area contributed by atoms with Gasteiger partial charge in [-0.3, -0.25) is 0 Å². The summed E-state index contributed by atoms with van der Waals surface area (Å²) in [5.41, 5.74) is 1.34. The number of halogens is 2. The summed E-state index contributed by atoms with van der Waals surface area (Å²) in [6.07, 6.45) is 1.85. The molecule has 0 N–H and O–H groups in total. The van der Waals surface area contributed by atoms with E-state index in [1.54, 1.807) is 13.0 Å². The fraction of sp³-hybridized carbons (Fsp3) is 0.308. The Morgan fingerprint density at radius 1 is 1.63 bits per heavy atom. The van der Waals surface area contributed by atoms with Crippen molar-refractivity contribution in [1.29, 1.82) is 0 Å². The second-order valence-electron chi connectivity index (χ2n) is 4.01. The lowest BCUT2D eigenvalue weighted by atomic mass is 10.0. The molecule has 1 aromatic carbocycles. The SMILES string of the molecule is CCOC(=O)C1=CCN(SI)C1c1cccc(F)c1.